The molecular formula is C16H26FN3O2. The molecule has 0 aliphatic rings. The van der Waals surface area contributed by atoms with E-state index in [4.69, 9.17) is 0 Å². The number of aromatic nitrogens is 1. The number of aliphatic hydroxyl groups is 1. The van der Waals surface area contributed by atoms with E-state index in [0.717, 1.165) is 25.8 Å². The Labute approximate surface area is 131 Å². The summed E-state index contributed by atoms with van der Waals surface area (Å²) in [6, 6.07) is 3.30. The summed E-state index contributed by atoms with van der Waals surface area (Å²) < 4.78 is 13.7. The van der Waals surface area contributed by atoms with Crippen LogP contribution in [0.5, 0.6) is 0 Å². The topological polar surface area (TPSA) is 74.2 Å². The number of hydrogen-bond donors (Lipinski definition) is 3. The van der Waals surface area contributed by atoms with E-state index in [9.17, 15) is 14.3 Å². The molecule has 1 rings (SSSR count). The molecule has 1 aromatic heterocycles. The van der Waals surface area contributed by atoms with Crippen LogP contribution in [0.25, 0.3) is 0 Å². The van der Waals surface area contributed by atoms with Gasteiger partial charge in [-0.25, -0.2) is 9.37 Å². The highest BCUT2D eigenvalue weighted by molar-refractivity contribution is 5.98. The molecular weight excluding hydrogens is 285 g/mol. The molecule has 0 saturated heterocycles. The third kappa shape index (κ3) is 5.97. The molecule has 0 aliphatic carbocycles. The lowest BCUT2D eigenvalue weighted by Gasteiger charge is -2.22. The van der Waals surface area contributed by atoms with Crippen molar-refractivity contribution in [3.63, 3.8) is 0 Å². The minimum atomic E-state index is -1.53. The molecule has 0 radical (unpaired) electrons. The molecule has 5 nitrogen and oxygen atoms in total. The Morgan fingerprint density at radius 1 is 1.45 bits per heavy atom. The molecule has 0 bridgehead atoms. The first kappa shape index (κ1) is 18.4. The van der Waals surface area contributed by atoms with Gasteiger partial charge in [0.05, 0.1) is 17.7 Å². The van der Waals surface area contributed by atoms with Crippen molar-refractivity contribution < 1.29 is 14.3 Å². The number of carbonyl (C=O) groups excluding carboxylic acids is 1. The normalized spacial score (nSPS) is 12.8. The monoisotopic (exact) mass is 311 g/mol. The van der Waals surface area contributed by atoms with Crippen LogP contribution < -0.4 is 10.6 Å². The van der Waals surface area contributed by atoms with E-state index in [2.05, 4.69) is 22.5 Å². The summed E-state index contributed by atoms with van der Waals surface area (Å²) in [5, 5.41) is 15.2. The van der Waals surface area contributed by atoms with Crippen LogP contribution in [0, 0.1) is 0 Å². The van der Waals surface area contributed by atoms with Gasteiger partial charge in [-0.05, 0) is 32.4 Å². The van der Waals surface area contributed by atoms with Gasteiger partial charge >= 0.3 is 0 Å². The molecule has 3 N–H and O–H groups in total. The summed E-state index contributed by atoms with van der Waals surface area (Å²) in [5.41, 5.74) is -1.11. The third-order valence-corrected chi connectivity index (χ3v) is 3.33. The maximum absolute atomic E-state index is 13.7. The van der Waals surface area contributed by atoms with Gasteiger partial charge in [-0.3, -0.25) is 4.79 Å². The molecule has 0 spiro atoms. The van der Waals surface area contributed by atoms with Crippen LogP contribution in [0.4, 0.5) is 10.2 Å². The number of amides is 1. The minimum Gasteiger partial charge on any atom is -0.387 e. The van der Waals surface area contributed by atoms with Crippen LogP contribution in [-0.4, -0.2) is 40.9 Å². The molecule has 1 unspecified atom stereocenters. The van der Waals surface area contributed by atoms with Crippen molar-refractivity contribution in [2.45, 2.75) is 51.8 Å². The lowest BCUT2D eigenvalue weighted by atomic mass is 10.0. The Morgan fingerprint density at radius 3 is 2.82 bits per heavy atom. The van der Waals surface area contributed by atoms with Crippen LogP contribution in [-0.2, 0) is 0 Å². The van der Waals surface area contributed by atoms with Crippen molar-refractivity contribution in [2.75, 3.05) is 18.4 Å². The van der Waals surface area contributed by atoms with Crippen molar-refractivity contribution >= 4 is 11.7 Å². The van der Waals surface area contributed by atoms with Crippen LogP contribution in [0.3, 0.4) is 0 Å². The van der Waals surface area contributed by atoms with Gasteiger partial charge in [0.2, 0.25) is 0 Å². The highest BCUT2D eigenvalue weighted by Crippen LogP contribution is 2.14. The fourth-order valence-corrected chi connectivity index (χ4v) is 1.84. The van der Waals surface area contributed by atoms with Crippen molar-refractivity contribution in [1.82, 2.24) is 10.3 Å². The maximum Gasteiger partial charge on any atom is 0.255 e. The van der Waals surface area contributed by atoms with Gasteiger partial charge in [0, 0.05) is 12.7 Å². The first-order chi connectivity index (χ1) is 10.4. The molecule has 0 aromatic carbocycles. The molecule has 1 aromatic rings. The SMILES string of the molecule is CCCCCNc1ncccc1C(=O)NCC(F)C(C)(C)O. The van der Waals surface area contributed by atoms with E-state index in [1.807, 2.05) is 0 Å². The Kier molecular flexibility index (Phi) is 7.24. The molecule has 6 heteroatoms. The second kappa shape index (κ2) is 8.68. The van der Waals surface area contributed by atoms with Crippen LogP contribution in [0.2, 0.25) is 0 Å². The number of unbranched alkanes of at least 4 members (excludes halogenated alkanes) is 2. The highest BCUT2D eigenvalue weighted by Gasteiger charge is 2.27. The van der Waals surface area contributed by atoms with Gasteiger partial charge < -0.3 is 15.7 Å². The van der Waals surface area contributed by atoms with Gasteiger partial charge in [0.1, 0.15) is 12.0 Å². The Hall–Kier alpha value is -1.69. The highest BCUT2D eigenvalue weighted by atomic mass is 19.1. The van der Waals surface area contributed by atoms with Gasteiger partial charge in [-0.1, -0.05) is 19.8 Å². The molecule has 22 heavy (non-hydrogen) atoms. The summed E-state index contributed by atoms with van der Waals surface area (Å²) >= 11 is 0. The van der Waals surface area contributed by atoms with Crippen molar-refractivity contribution in [3.05, 3.63) is 23.9 Å². The number of pyridine rings is 1. The fraction of sp³-hybridized carbons (Fsp3) is 0.625. The first-order valence-electron chi connectivity index (χ1n) is 7.69. The standard InChI is InChI=1S/C16H26FN3O2/c1-4-5-6-9-18-14-12(8-7-10-19-14)15(21)20-11-13(17)16(2,3)22/h7-8,10,13,22H,4-6,9,11H2,1-3H3,(H,18,19)(H,20,21). The summed E-state index contributed by atoms with van der Waals surface area (Å²) in [6.07, 6.45) is 3.30. The summed E-state index contributed by atoms with van der Waals surface area (Å²) in [7, 11) is 0. The quantitative estimate of drug-likeness (QED) is 0.613. The average Bonchev–Trinajstić information content (AvgIpc) is 2.48. The molecule has 0 fully saturated rings. The van der Waals surface area contributed by atoms with Crippen LogP contribution in [0.1, 0.15) is 50.4 Å². The molecule has 1 heterocycles. The fourth-order valence-electron chi connectivity index (χ4n) is 1.84. The van der Waals surface area contributed by atoms with Gasteiger partial charge in [0.15, 0.2) is 0 Å². The van der Waals surface area contributed by atoms with Gasteiger partial charge in [-0.2, -0.15) is 0 Å². The molecule has 1 amide bonds. The summed E-state index contributed by atoms with van der Waals surface area (Å²) in [6.45, 7) is 5.35. The molecule has 0 aliphatic heterocycles. The molecule has 124 valence electrons. The third-order valence-electron chi connectivity index (χ3n) is 3.33. The first-order valence-corrected chi connectivity index (χ1v) is 7.69. The number of alkyl halides is 1. The number of carbonyl (C=O) groups is 1. The smallest absolute Gasteiger partial charge is 0.255 e. The Bertz CT molecular complexity index is 475. The Balaban J connectivity index is 2.61. The minimum absolute atomic E-state index is 0.244. The van der Waals surface area contributed by atoms with E-state index in [1.165, 1.54) is 13.8 Å². The second-order valence-corrected chi connectivity index (χ2v) is 5.86. The zero-order valence-corrected chi connectivity index (χ0v) is 13.5. The summed E-state index contributed by atoms with van der Waals surface area (Å²) in [4.78, 5) is 16.3. The summed E-state index contributed by atoms with van der Waals surface area (Å²) in [5.74, 6) is 0.0905. The van der Waals surface area contributed by atoms with E-state index in [-0.39, 0.29) is 6.54 Å². The predicted octanol–water partition coefficient (Wildman–Crippen LogP) is 2.52. The number of nitrogens with zero attached hydrogens (tertiary/aromatic N) is 1. The zero-order chi connectivity index (χ0) is 16.6. The number of nitrogens with one attached hydrogen (secondary N) is 2. The van der Waals surface area contributed by atoms with E-state index < -0.39 is 17.7 Å². The van der Waals surface area contributed by atoms with E-state index in [1.54, 1.807) is 18.3 Å². The largest absolute Gasteiger partial charge is 0.387 e. The van der Waals surface area contributed by atoms with Crippen molar-refractivity contribution in [2.24, 2.45) is 0 Å². The van der Waals surface area contributed by atoms with Crippen molar-refractivity contribution in [3.8, 4) is 0 Å². The number of anilines is 1. The number of hydrogen-bond acceptors (Lipinski definition) is 4. The lowest BCUT2D eigenvalue weighted by molar-refractivity contribution is -0.00177. The van der Waals surface area contributed by atoms with Gasteiger partial charge in [0.25, 0.3) is 5.91 Å². The van der Waals surface area contributed by atoms with Crippen molar-refractivity contribution in [1.29, 1.82) is 0 Å². The van der Waals surface area contributed by atoms with Crippen LogP contribution >= 0.6 is 0 Å². The second-order valence-electron chi connectivity index (χ2n) is 5.86. The van der Waals surface area contributed by atoms with Gasteiger partial charge in [-0.15, -0.1) is 0 Å². The average molecular weight is 311 g/mol. The number of rotatable bonds is 9. The van der Waals surface area contributed by atoms with E-state index in [0.29, 0.717) is 11.4 Å². The van der Waals surface area contributed by atoms with E-state index >= 15 is 0 Å². The number of halogens is 1. The maximum atomic E-state index is 13.7. The zero-order valence-electron chi connectivity index (χ0n) is 13.5. The van der Waals surface area contributed by atoms with Crippen LogP contribution in [0.15, 0.2) is 18.3 Å². The predicted molar refractivity (Wildman–Crippen MR) is 85.8 cm³/mol. The molecule has 0 saturated carbocycles. The lowest BCUT2D eigenvalue weighted by Crippen LogP contribution is -2.42. The molecule has 1 atom stereocenters. The Morgan fingerprint density at radius 2 is 2.18 bits per heavy atom.